The first kappa shape index (κ1) is 27.8. The third kappa shape index (κ3) is 9.01. The maximum atomic E-state index is 9.06. The van der Waals surface area contributed by atoms with Gasteiger partial charge in [0.25, 0.3) is 0 Å². The molecule has 1 fully saturated rings. The molecule has 1 aliphatic rings. The molecule has 9 heteroatoms. The Bertz CT molecular complexity index is 947. The smallest absolute Gasteiger partial charge is 0.157 e. The van der Waals surface area contributed by atoms with Crippen LogP contribution in [0.3, 0.4) is 0 Å². The van der Waals surface area contributed by atoms with Gasteiger partial charge in [-0.15, -0.1) is 0 Å². The molecule has 0 aliphatic heterocycles. The molecule has 1 aliphatic carbocycles. The van der Waals surface area contributed by atoms with Gasteiger partial charge < -0.3 is 14.4 Å². The Morgan fingerprint density at radius 1 is 1.00 bits per heavy atom. The van der Waals surface area contributed by atoms with Gasteiger partial charge in [-0.25, -0.2) is 4.98 Å². The van der Waals surface area contributed by atoms with Gasteiger partial charge in [0.1, 0.15) is 19.3 Å². The molecule has 3 rings (SSSR count). The van der Waals surface area contributed by atoms with Gasteiger partial charge in [-0.1, -0.05) is 39.3 Å². The number of ether oxygens (including phenoxy) is 2. The van der Waals surface area contributed by atoms with Crippen LogP contribution in [0, 0.1) is 17.2 Å². The number of hydrogen-bond acceptors (Lipinski definition) is 6. The van der Waals surface area contributed by atoms with Gasteiger partial charge in [-0.3, -0.25) is 0 Å². The monoisotopic (exact) mass is 515 g/mol. The highest BCUT2D eigenvalue weighted by Gasteiger charge is 2.25. The van der Waals surface area contributed by atoms with E-state index in [1.165, 1.54) is 0 Å². The summed E-state index contributed by atoms with van der Waals surface area (Å²) in [6, 6.07) is 8.80. The highest BCUT2D eigenvalue weighted by molar-refractivity contribution is 6.76. The summed E-state index contributed by atoms with van der Waals surface area (Å²) in [6.07, 6.45) is 6.86. The predicted molar refractivity (Wildman–Crippen MR) is 148 cm³/mol. The zero-order valence-corrected chi connectivity index (χ0v) is 24.7. The van der Waals surface area contributed by atoms with Crippen LogP contribution in [0.2, 0.25) is 51.4 Å². The largest absolute Gasteiger partial charge is 0.361 e. The van der Waals surface area contributed by atoms with Crippen molar-refractivity contribution in [2.24, 2.45) is 5.92 Å². The summed E-state index contributed by atoms with van der Waals surface area (Å²) in [4.78, 5) is 7.14. The van der Waals surface area contributed by atoms with Gasteiger partial charge in [0.2, 0.25) is 0 Å². The third-order valence-electron chi connectivity index (χ3n) is 6.82. The van der Waals surface area contributed by atoms with Crippen molar-refractivity contribution in [2.75, 3.05) is 31.6 Å². The number of nitrogens with zero attached hydrogens (tertiary/aromatic N) is 5. The summed E-state index contributed by atoms with van der Waals surface area (Å²) in [6.45, 7) is 16.7. The topological polar surface area (TPSA) is 75.7 Å². The van der Waals surface area contributed by atoms with Gasteiger partial charge in [0.15, 0.2) is 5.65 Å². The van der Waals surface area contributed by atoms with Crippen molar-refractivity contribution in [1.29, 1.82) is 5.26 Å². The van der Waals surface area contributed by atoms with Gasteiger partial charge >= 0.3 is 0 Å². The molecule has 0 aromatic carbocycles. The zero-order valence-electron chi connectivity index (χ0n) is 22.7. The van der Waals surface area contributed by atoms with E-state index in [1.807, 2.05) is 16.8 Å². The maximum absolute atomic E-state index is 9.06. The highest BCUT2D eigenvalue weighted by Crippen LogP contribution is 2.37. The Morgan fingerprint density at radius 3 is 2.14 bits per heavy atom. The van der Waals surface area contributed by atoms with Crippen LogP contribution >= 0.6 is 0 Å². The molecule has 0 saturated heterocycles. The number of hydrogen-bond donors (Lipinski definition) is 0. The summed E-state index contributed by atoms with van der Waals surface area (Å²) in [5.41, 5.74) is 1.99. The van der Waals surface area contributed by atoms with E-state index in [0.717, 1.165) is 68.1 Å². The van der Waals surface area contributed by atoms with Crippen molar-refractivity contribution in [3.8, 4) is 6.07 Å². The Morgan fingerprint density at radius 2 is 1.60 bits per heavy atom. The Hall–Kier alpha value is -1.74. The van der Waals surface area contributed by atoms with E-state index in [1.54, 1.807) is 0 Å². The summed E-state index contributed by atoms with van der Waals surface area (Å²) in [7, 11) is -2.31. The molecular formula is C26H45N5O2Si2. The van der Waals surface area contributed by atoms with Crippen LogP contribution in [-0.4, -0.2) is 57.4 Å². The third-order valence-corrected chi connectivity index (χ3v) is 10.2. The lowest BCUT2D eigenvalue weighted by Crippen LogP contribution is -2.33. The minimum Gasteiger partial charge on any atom is -0.361 e. The van der Waals surface area contributed by atoms with Crippen molar-refractivity contribution < 1.29 is 9.47 Å². The zero-order chi connectivity index (χ0) is 25.5. The summed E-state index contributed by atoms with van der Waals surface area (Å²) >= 11 is 0. The molecular weight excluding hydrogens is 470 g/mol. The Kier molecular flexibility index (Phi) is 9.93. The Balaban J connectivity index is 1.78. The molecule has 2 heterocycles. The molecule has 35 heavy (non-hydrogen) atoms. The van der Waals surface area contributed by atoms with E-state index in [4.69, 9.17) is 19.7 Å². The van der Waals surface area contributed by atoms with Crippen molar-refractivity contribution in [2.45, 2.75) is 89.4 Å². The Labute approximate surface area is 213 Å². The lowest BCUT2D eigenvalue weighted by molar-refractivity contribution is 0.0942. The highest BCUT2D eigenvalue weighted by atomic mass is 28.3. The average Bonchev–Trinajstić information content (AvgIpc) is 3.26. The molecule has 0 radical (unpaired) electrons. The maximum Gasteiger partial charge on any atom is 0.157 e. The molecule has 0 bridgehead atoms. The molecule has 0 amide bonds. The first-order valence-corrected chi connectivity index (χ1v) is 20.6. The molecule has 2 aromatic rings. The molecule has 0 atom stereocenters. The van der Waals surface area contributed by atoms with Gasteiger partial charge in [0.05, 0.1) is 12.3 Å². The van der Waals surface area contributed by atoms with Crippen LogP contribution in [0.15, 0.2) is 18.3 Å². The molecule has 0 spiro atoms. The second kappa shape index (κ2) is 12.5. The predicted octanol–water partition coefficient (Wildman–Crippen LogP) is 6.35. The number of aromatic nitrogens is 3. The molecule has 1 saturated carbocycles. The fraction of sp³-hybridized carbons (Fsp3) is 0.731. The van der Waals surface area contributed by atoms with E-state index in [2.05, 4.69) is 61.4 Å². The van der Waals surface area contributed by atoms with Crippen LogP contribution in [0.25, 0.3) is 5.65 Å². The number of anilines is 1. The van der Waals surface area contributed by atoms with Crippen molar-refractivity contribution in [1.82, 2.24) is 14.6 Å². The molecule has 0 unspecified atom stereocenters. The average molecular weight is 516 g/mol. The van der Waals surface area contributed by atoms with Crippen LogP contribution in [0.4, 0.5) is 5.82 Å². The molecule has 7 nitrogen and oxygen atoms in total. The number of fused-ring (bicyclic) bond motifs is 1. The van der Waals surface area contributed by atoms with E-state index in [9.17, 15) is 0 Å². The quantitative estimate of drug-likeness (QED) is 0.176. The normalized spacial score (nSPS) is 19.1. The van der Waals surface area contributed by atoms with E-state index >= 15 is 0 Å². The second-order valence-corrected chi connectivity index (χ2v) is 23.7. The summed E-state index contributed by atoms with van der Waals surface area (Å²) in [5, 5.41) is 13.6. The number of nitriles is 1. The van der Waals surface area contributed by atoms with Gasteiger partial charge in [0, 0.05) is 59.5 Å². The lowest BCUT2D eigenvalue weighted by Gasteiger charge is -2.29. The van der Waals surface area contributed by atoms with E-state index < -0.39 is 16.1 Å². The van der Waals surface area contributed by atoms with Crippen molar-refractivity contribution in [3.63, 3.8) is 0 Å². The first-order chi connectivity index (χ1) is 16.6. The molecule has 194 valence electrons. The van der Waals surface area contributed by atoms with E-state index in [-0.39, 0.29) is 0 Å². The molecule has 2 aromatic heterocycles. The SMILES string of the molecule is C[Si](C)(C)CCOCN(COCC[Si](C)(C)C)c1cc(C2CCC(CC#N)CC2)nc2ccnn12. The summed E-state index contributed by atoms with van der Waals surface area (Å²) < 4.78 is 14.3. The lowest BCUT2D eigenvalue weighted by atomic mass is 9.79. The van der Waals surface area contributed by atoms with Crippen LogP contribution in [-0.2, 0) is 9.47 Å². The van der Waals surface area contributed by atoms with Crippen LogP contribution < -0.4 is 4.90 Å². The van der Waals surface area contributed by atoms with Crippen LogP contribution in [0.5, 0.6) is 0 Å². The van der Waals surface area contributed by atoms with Gasteiger partial charge in [-0.2, -0.15) is 14.9 Å². The second-order valence-electron chi connectivity index (χ2n) is 12.5. The van der Waals surface area contributed by atoms with Crippen LogP contribution in [0.1, 0.15) is 43.7 Å². The minimum absolute atomic E-state index is 0.422. The summed E-state index contributed by atoms with van der Waals surface area (Å²) in [5.74, 6) is 1.94. The van der Waals surface area contributed by atoms with E-state index in [0.29, 0.717) is 31.7 Å². The first-order valence-electron chi connectivity index (χ1n) is 13.2. The number of rotatable bonds is 13. The van der Waals surface area contributed by atoms with Gasteiger partial charge in [-0.05, 0) is 43.7 Å². The molecule has 0 N–H and O–H groups in total. The standard InChI is InChI=1S/C26H45N5O2Si2/c1-34(2,3)17-15-32-20-30(21-33-16-18-35(4,5)6)26-19-24(29-25-12-14-28-31(25)26)23-9-7-22(8-10-23)11-13-27/h12,14,19,22-23H,7-11,15-18,20-21H2,1-6H3. The fourth-order valence-corrected chi connectivity index (χ4v) is 5.93. The van der Waals surface area contributed by atoms with Crippen molar-refractivity contribution >= 4 is 27.6 Å². The fourth-order valence-electron chi connectivity index (χ4n) is 4.42. The minimum atomic E-state index is -1.15. The van der Waals surface area contributed by atoms with Crippen molar-refractivity contribution in [3.05, 3.63) is 24.0 Å².